The molecule has 0 bridgehead atoms. The fourth-order valence-electron chi connectivity index (χ4n) is 12.3. The van der Waals surface area contributed by atoms with Gasteiger partial charge in [-0.1, -0.05) is 205 Å². The molecular weight excluding hydrogens is 1170 g/mol. The molecule has 0 saturated heterocycles. The Morgan fingerprint density at radius 2 is 0.371 bits per heavy atom. The molecule has 0 atom stereocenters. The van der Waals surface area contributed by atoms with E-state index >= 15 is 0 Å². The van der Waals surface area contributed by atoms with Gasteiger partial charge in [0.25, 0.3) is 0 Å². The zero-order valence-electron chi connectivity index (χ0n) is 54.0. The molecule has 0 aliphatic heterocycles. The lowest BCUT2D eigenvalue weighted by Crippen LogP contribution is -2.33. The number of rotatable bonds is 30. The maximum absolute atomic E-state index is 8.55. The van der Waals surface area contributed by atoms with E-state index in [9.17, 15) is 0 Å². The molecule has 89 heavy (non-hydrogen) atoms. The van der Waals surface area contributed by atoms with Gasteiger partial charge in [0.15, 0.2) is 0 Å². The van der Waals surface area contributed by atoms with Crippen LogP contribution in [-0.4, -0.2) is 92.1 Å². The Hall–Kier alpha value is -5.74. The number of benzene rings is 9. The van der Waals surface area contributed by atoms with Gasteiger partial charge < -0.3 is 33.9 Å². The second kappa shape index (κ2) is 39.5. The summed E-state index contributed by atoms with van der Waals surface area (Å²) in [5.41, 5.74) is 0. The Labute approximate surface area is 538 Å². The summed E-state index contributed by atoms with van der Waals surface area (Å²) in [6.07, 6.45) is 11.2. The number of nitrogens with zero attached hydrogens (tertiary/aromatic N) is 3. The summed E-state index contributed by atoms with van der Waals surface area (Å²) in [5.74, 6) is 0. The molecular formula is C78H99N3O4P4. The van der Waals surface area contributed by atoms with Crippen LogP contribution in [0.1, 0.15) is 80.1 Å². The highest BCUT2D eigenvalue weighted by atomic mass is 31.2. The van der Waals surface area contributed by atoms with Gasteiger partial charge in [0.2, 0.25) is 0 Å². The molecule has 0 spiro atoms. The van der Waals surface area contributed by atoms with Gasteiger partial charge in [0.1, 0.15) is 69.5 Å². The topological polar surface area (TPSA) is 96.0 Å². The molecule has 0 fully saturated rings. The number of phosphoric acid groups is 1. The maximum atomic E-state index is 8.55. The molecule has 0 aliphatic carbocycles. The SMILES string of the molecule is CCN(CC)CCCC[P+](c1ccccc1)(c1ccccc1)c1ccccc1.CCN(CC)CCCC[P+](c1ccccc1)(c1ccccc1)c1ccccc1.CCN(CC)CCCC[P+](c1ccccc1)(c1ccccc1)c1ccccc1.O=P([O-])([O-])[O-]. The molecule has 9 rings (SSSR count). The summed E-state index contributed by atoms with van der Waals surface area (Å²) >= 11 is 0. The summed E-state index contributed by atoms with van der Waals surface area (Å²) in [5, 5.41) is 13.5. The fraction of sp³-hybridized carbons (Fsp3) is 0.308. The molecule has 0 unspecified atom stereocenters. The molecule has 11 heteroatoms. The number of unbranched alkanes of at least 4 members (excludes halogenated alkanes) is 3. The Morgan fingerprint density at radius 1 is 0.247 bits per heavy atom. The normalized spacial score (nSPS) is 11.7. The van der Waals surface area contributed by atoms with E-state index in [4.69, 9.17) is 19.2 Å². The third kappa shape index (κ3) is 21.7. The molecule has 0 N–H and O–H groups in total. The summed E-state index contributed by atoms with van der Waals surface area (Å²) in [7, 11) is -10.3. The van der Waals surface area contributed by atoms with Crippen LogP contribution in [0.4, 0.5) is 0 Å². The highest BCUT2D eigenvalue weighted by molar-refractivity contribution is 7.96. The van der Waals surface area contributed by atoms with Crippen LogP contribution in [0.15, 0.2) is 273 Å². The first-order valence-electron chi connectivity index (χ1n) is 32.5. The Bertz CT molecular complexity index is 2630. The summed E-state index contributed by atoms with van der Waals surface area (Å²) < 4.78 is 8.55. The van der Waals surface area contributed by atoms with Crippen molar-refractivity contribution >= 4 is 77.4 Å². The van der Waals surface area contributed by atoms with Gasteiger partial charge in [-0.15, -0.1) is 0 Å². The second-order valence-corrected chi connectivity index (χ2v) is 34.0. The van der Waals surface area contributed by atoms with Gasteiger partial charge in [-0.25, -0.2) is 0 Å². The van der Waals surface area contributed by atoms with E-state index in [-0.39, 0.29) is 0 Å². The van der Waals surface area contributed by atoms with Crippen molar-refractivity contribution in [2.24, 2.45) is 0 Å². The first-order valence-corrected chi connectivity index (χ1v) is 39.9. The number of hydrogen-bond acceptors (Lipinski definition) is 7. The van der Waals surface area contributed by atoms with E-state index < -0.39 is 29.6 Å². The minimum Gasteiger partial charge on any atom is -0.822 e. The minimum atomic E-state index is -5.39. The van der Waals surface area contributed by atoms with E-state index in [1.165, 1.54) is 124 Å². The van der Waals surface area contributed by atoms with Crippen molar-refractivity contribution in [1.29, 1.82) is 0 Å². The van der Waals surface area contributed by atoms with Crippen LogP contribution >= 0.6 is 29.6 Å². The predicted molar refractivity (Wildman–Crippen MR) is 389 cm³/mol. The first kappa shape index (κ1) is 72.3. The highest BCUT2D eigenvalue weighted by Gasteiger charge is 2.47. The van der Waals surface area contributed by atoms with E-state index in [1.54, 1.807) is 0 Å². The molecule has 0 radical (unpaired) electrons. The van der Waals surface area contributed by atoms with Crippen LogP contribution in [0.2, 0.25) is 0 Å². The minimum absolute atomic E-state index is 1.15. The Balaban J connectivity index is 0.000000205. The standard InChI is InChI=1S/3C26H33NP.H3O4P/c3*1-3-27(4-2)22-14-15-23-28(24-16-8-5-9-17-24,25-18-10-6-11-19-25)26-20-12-7-13-21-26;1-5(2,3)4/h3*5-13,16-21H,3-4,14-15,22-23H2,1-2H3;(H3,1,2,3,4)/q3*+1;/p-3. The average Bonchev–Trinajstić information content (AvgIpc) is 1.07. The molecule has 9 aromatic rings. The van der Waals surface area contributed by atoms with Crippen LogP contribution in [0.3, 0.4) is 0 Å². The molecule has 0 aromatic heterocycles. The predicted octanol–water partition coefficient (Wildman–Crippen LogP) is 12.5. The largest absolute Gasteiger partial charge is 0.822 e. The van der Waals surface area contributed by atoms with E-state index in [0.717, 1.165) is 39.3 Å². The fourth-order valence-corrected chi connectivity index (χ4v) is 25.5. The van der Waals surface area contributed by atoms with Crippen molar-refractivity contribution < 1.29 is 19.2 Å². The van der Waals surface area contributed by atoms with Crippen LogP contribution < -0.4 is 62.4 Å². The quantitative estimate of drug-likeness (QED) is 0.0327. The molecule has 0 heterocycles. The molecule has 0 amide bonds. The van der Waals surface area contributed by atoms with E-state index in [1.807, 2.05) is 0 Å². The van der Waals surface area contributed by atoms with Gasteiger partial charge in [-0.3, -0.25) is 0 Å². The number of hydrogen-bond donors (Lipinski definition) is 0. The molecule has 0 saturated carbocycles. The lowest BCUT2D eigenvalue weighted by Gasteiger charge is -2.36. The van der Waals surface area contributed by atoms with Crippen molar-refractivity contribution in [2.45, 2.75) is 80.1 Å². The third-order valence-corrected chi connectivity index (χ3v) is 30.7. The Morgan fingerprint density at radius 3 is 0.483 bits per heavy atom. The third-order valence-electron chi connectivity index (χ3n) is 17.1. The maximum Gasteiger partial charge on any atom is 0.112 e. The van der Waals surface area contributed by atoms with Crippen LogP contribution in [-0.2, 0) is 4.57 Å². The van der Waals surface area contributed by atoms with Crippen molar-refractivity contribution in [3.63, 3.8) is 0 Å². The van der Waals surface area contributed by atoms with Gasteiger partial charge in [-0.2, -0.15) is 7.82 Å². The van der Waals surface area contributed by atoms with Crippen molar-refractivity contribution in [2.75, 3.05) is 77.4 Å². The van der Waals surface area contributed by atoms with Gasteiger partial charge in [-0.05, 0) is 207 Å². The first-order chi connectivity index (χ1) is 43.4. The summed E-state index contributed by atoms with van der Waals surface area (Å²) in [6, 6.07) is 101. The molecule has 470 valence electrons. The smallest absolute Gasteiger partial charge is 0.112 e. The zero-order chi connectivity index (χ0) is 63.5. The lowest BCUT2D eigenvalue weighted by molar-refractivity contribution is -0.432. The van der Waals surface area contributed by atoms with E-state index in [0.29, 0.717) is 0 Å². The van der Waals surface area contributed by atoms with Gasteiger partial charge in [0.05, 0.1) is 18.5 Å². The molecule has 9 aromatic carbocycles. The van der Waals surface area contributed by atoms with Gasteiger partial charge in [0, 0.05) is 0 Å². The summed E-state index contributed by atoms with van der Waals surface area (Å²) in [6.45, 7) is 24.0. The van der Waals surface area contributed by atoms with Gasteiger partial charge >= 0.3 is 0 Å². The monoisotopic (exact) mass is 1270 g/mol. The van der Waals surface area contributed by atoms with Crippen LogP contribution in [0.5, 0.6) is 0 Å². The van der Waals surface area contributed by atoms with E-state index in [2.05, 4.69) is 329 Å². The second-order valence-electron chi connectivity index (χ2n) is 22.3. The average molecular weight is 1270 g/mol. The summed E-state index contributed by atoms with van der Waals surface area (Å²) in [4.78, 5) is 33.3. The van der Waals surface area contributed by atoms with Crippen molar-refractivity contribution in [3.05, 3.63) is 273 Å². The zero-order valence-corrected chi connectivity index (χ0v) is 57.5. The Kier molecular flexibility index (Phi) is 32.1. The molecule has 0 aliphatic rings. The van der Waals surface area contributed by atoms with Crippen LogP contribution in [0.25, 0.3) is 0 Å². The highest BCUT2D eigenvalue weighted by Crippen LogP contribution is 2.58. The van der Waals surface area contributed by atoms with Crippen molar-refractivity contribution in [1.82, 2.24) is 14.7 Å². The van der Waals surface area contributed by atoms with Crippen LogP contribution in [0, 0.1) is 0 Å². The molecule has 7 nitrogen and oxygen atoms in total. The lowest BCUT2D eigenvalue weighted by atomic mass is 10.3. The van der Waals surface area contributed by atoms with Crippen molar-refractivity contribution in [3.8, 4) is 0 Å².